The molecule has 1 heterocycles. The molecule has 1 aliphatic rings. The van der Waals surface area contributed by atoms with Gasteiger partial charge < -0.3 is 14.2 Å². The van der Waals surface area contributed by atoms with Crippen LogP contribution in [0.25, 0.3) is 0 Å². The van der Waals surface area contributed by atoms with Crippen LogP contribution in [-0.2, 0) is 27.3 Å². The molecule has 1 amide bonds. The molecule has 0 spiro atoms. The highest BCUT2D eigenvalue weighted by Gasteiger charge is 2.39. The van der Waals surface area contributed by atoms with E-state index >= 15 is 0 Å². The minimum absolute atomic E-state index is 0.257. The van der Waals surface area contributed by atoms with Gasteiger partial charge in [0.15, 0.2) is 6.04 Å². The van der Waals surface area contributed by atoms with Crippen LogP contribution in [0.2, 0.25) is 0 Å². The Kier molecular flexibility index (Phi) is 6.50. The number of esters is 1. The number of ether oxygens (including phenoxy) is 3. The lowest BCUT2D eigenvalue weighted by molar-refractivity contribution is -0.147. The zero-order valence-electron chi connectivity index (χ0n) is 18.2. The summed E-state index contributed by atoms with van der Waals surface area (Å²) in [6.45, 7) is 5.92. The summed E-state index contributed by atoms with van der Waals surface area (Å²) in [4.78, 5) is 26.6. The monoisotopic (exact) mass is 422 g/mol. The fraction of sp³-hybridized carbons (Fsp3) is 0.375. The molecule has 0 aromatic heterocycles. The molecule has 0 aliphatic carbocycles. The number of hydrogen-bond acceptors (Lipinski definition) is 6. The van der Waals surface area contributed by atoms with Crippen LogP contribution >= 0.6 is 0 Å². The third-order valence-electron chi connectivity index (χ3n) is 4.93. The number of benzene rings is 2. The van der Waals surface area contributed by atoms with E-state index < -0.39 is 23.7 Å². The van der Waals surface area contributed by atoms with Gasteiger partial charge in [-0.2, -0.15) is 5.26 Å². The highest BCUT2D eigenvalue weighted by Crippen LogP contribution is 2.34. The van der Waals surface area contributed by atoms with E-state index in [9.17, 15) is 14.9 Å². The first-order valence-electron chi connectivity index (χ1n) is 10.0. The van der Waals surface area contributed by atoms with Crippen molar-refractivity contribution in [3.8, 4) is 11.8 Å². The molecule has 162 valence electrons. The molecule has 3 rings (SSSR count). The number of rotatable bonds is 4. The molecule has 0 unspecified atom stereocenters. The lowest BCUT2D eigenvalue weighted by Gasteiger charge is -2.36. The minimum atomic E-state index is -0.878. The van der Waals surface area contributed by atoms with E-state index in [4.69, 9.17) is 14.2 Å². The molecule has 2 aromatic carbocycles. The molecule has 0 N–H and O–H groups in total. The Morgan fingerprint density at radius 2 is 1.94 bits per heavy atom. The first-order chi connectivity index (χ1) is 14.7. The zero-order chi connectivity index (χ0) is 22.6. The van der Waals surface area contributed by atoms with Crippen LogP contribution in [-0.4, -0.2) is 36.2 Å². The van der Waals surface area contributed by atoms with Crippen LogP contribution < -0.4 is 4.74 Å². The second-order valence-corrected chi connectivity index (χ2v) is 8.27. The quantitative estimate of drug-likeness (QED) is 0.688. The van der Waals surface area contributed by atoms with Crippen LogP contribution in [0.3, 0.4) is 0 Å². The molecule has 31 heavy (non-hydrogen) atoms. The highest BCUT2D eigenvalue weighted by atomic mass is 16.6. The van der Waals surface area contributed by atoms with E-state index in [1.54, 1.807) is 39.0 Å². The van der Waals surface area contributed by atoms with E-state index in [2.05, 4.69) is 6.07 Å². The van der Waals surface area contributed by atoms with E-state index in [1.807, 2.05) is 24.3 Å². The van der Waals surface area contributed by atoms with Crippen molar-refractivity contribution in [1.82, 2.24) is 4.90 Å². The van der Waals surface area contributed by atoms with Crippen molar-refractivity contribution in [1.29, 1.82) is 5.26 Å². The predicted molar refractivity (Wildman–Crippen MR) is 113 cm³/mol. The Morgan fingerprint density at radius 3 is 2.61 bits per heavy atom. The van der Waals surface area contributed by atoms with Crippen molar-refractivity contribution >= 4 is 12.1 Å². The fourth-order valence-corrected chi connectivity index (χ4v) is 3.49. The van der Waals surface area contributed by atoms with Crippen LogP contribution in [0.4, 0.5) is 4.79 Å². The molecule has 0 radical (unpaired) electrons. The molecule has 0 saturated carbocycles. The van der Waals surface area contributed by atoms with Crippen molar-refractivity contribution < 1.29 is 23.8 Å². The summed E-state index contributed by atoms with van der Waals surface area (Å²) in [7, 11) is 1.30. The third-order valence-corrected chi connectivity index (χ3v) is 4.93. The van der Waals surface area contributed by atoms with Gasteiger partial charge in [-0.1, -0.05) is 24.3 Å². The Hall–Kier alpha value is -3.53. The number of amides is 1. The smallest absolute Gasteiger partial charge is 0.411 e. The van der Waals surface area contributed by atoms with Gasteiger partial charge in [0, 0.05) is 12.1 Å². The summed E-state index contributed by atoms with van der Waals surface area (Å²) in [6, 6.07) is 13.9. The number of carbonyl (C=O) groups excluding carboxylic acids is 2. The molecule has 0 saturated heterocycles. The molecule has 7 heteroatoms. The molecule has 0 bridgehead atoms. The van der Waals surface area contributed by atoms with Gasteiger partial charge in [0.2, 0.25) is 0 Å². The number of hydrogen-bond donors (Lipinski definition) is 0. The number of nitriles is 1. The first kappa shape index (κ1) is 22.2. The summed E-state index contributed by atoms with van der Waals surface area (Å²) in [6.07, 6.45) is -0.00406. The second kappa shape index (κ2) is 9.09. The van der Waals surface area contributed by atoms with E-state index in [0.717, 1.165) is 11.1 Å². The summed E-state index contributed by atoms with van der Waals surface area (Å²) in [5.41, 5.74) is 2.29. The van der Waals surface area contributed by atoms with E-state index in [-0.39, 0.29) is 6.61 Å². The second-order valence-electron chi connectivity index (χ2n) is 8.27. The summed E-state index contributed by atoms with van der Waals surface area (Å²) in [5.74, 6) is 0.101. The van der Waals surface area contributed by atoms with Gasteiger partial charge in [-0.15, -0.1) is 0 Å². The molecule has 1 aliphatic heterocycles. The normalized spacial score (nSPS) is 15.5. The molecule has 1 atom stereocenters. The maximum Gasteiger partial charge on any atom is 0.411 e. The van der Waals surface area contributed by atoms with Crippen molar-refractivity contribution in [3.05, 3.63) is 64.7 Å². The maximum absolute atomic E-state index is 12.7. The van der Waals surface area contributed by atoms with Gasteiger partial charge in [-0.3, -0.25) is 4.90 Å². The van der Waals surface area contributed by atoms with Gasteiger partial charge in [-0.05, 0) is 56.5 Å². The molecular formula is C24H26N2O5. The van der Waals surface area contributed by atoms with Crippen LogP contribution in [0, 0.1) is 11.3 Å². The summed E-state index contributed by atoms with van der Waals surface area (Å²) in [5, 5.41) is 9.23. The number of nitrogens with zero attached hydrogens (tertiary/aromatic N) is 2. The van der Waals surface area contributed by atoms with Crippen molar-refractivity contribution in [3.63, 3.8) is 0 Å². The summed E-state index contributed by atoms with van der Waals surface area (Å²) < 4.78 is 16.3. The average Bonchev–Trinajstić information content (AvgIpc) is 2.75. The molecular weight excluding hydrogens is 396 g/mol. The molecule has 7 nitrogen and oxygen atoms in total. The highest BCUT2D eigenvalue weighted by molar-refractivity contribution is 5.84. The average molecular weight is 422 g/mol. The Bertz CT molecular complexity index is 1020. The van der Waals surface area contributed by atoms with Crippen molar-refractivity contribution in [2.24, 2.45) is 0 Å². The van der Waals surface area contributed by atoms with Crippen molar-refractivity contribution in [2.45, 2.75) is 45.4 Å². The predicted octanol–water partition coefficient (Wildman–Crippen LogP) is 4.14. The van der Waals surface area contributed by atoms with E-state index in [1.165, 1.54) is 12.0 Å². The number of carbonyl (C=O) groups is 2. The Balaban J connectivity index is 1.83. The fourth-order valence-electron chi connectivity index (χ4n) is 3.49. The standard InChI is InChI=1S/C24H26N2O5/c1-24(2,3)31-23(28)26-12-11-16-13-19(9-10-20(16)21(26)22(27)29-4)30-15-18-8-6-5-7-17(18)14-25/h5-10,13,21H,11-12,15H2,1-4H3/t21-/m1/s1. The zero-order valence-corrected chi connectivity index (χ0v) is 18.2. The maximum atomic E-state index is 12.7. The molecule has 0 fully saturated rings. The topological polar surface area (TPSA) is 88.9 Å². The SMILES string of the molecule is COC(=O)[C@H]1c2ccc(OCc3ccccc3C#N)cc2CCN1C(=O)OC(C)(C)C. The third kappa shape index (κ3) is 5.15. The molecule has 2 aromatic rings. The van der Waals surface area contributed by atoms with Crippen LogP contribution in [0.5, 0.6) is 5.75 Å². The van der Waals surface area contributed by atoms with Gasteiger partial charge in [0.25, 0.3) is 0 Å². The van der Waals surface area contributed by atoms with Crippen molar-refractivity contribution in [2.75, 3.05) is 13.7 Å². The van der Waals surface area contributed by atoms with E-state index in [0.29, 0.717) is 29.8 Å². The van der Waals surface area contributed by atoms with Gasteiger partial charge >= 0.3 is 12.1 Å². The Morgan fingerprint density at radius 1 is 1.19 bits per heavy atom. The van der Waals surface area contributed by atoms with Gasteiger partial charge in [-0.25, -0.2) is 9.59 Å². The van der Waals surface area contributed by atoms with Gasteiger partial charge in [0.1, 0.15) is 18.0 Å². The number of methoxy groups -OCH3 is 1. The summed E-state index contributed by atoms with van der Waals surface area (Å²) >= 11 is 0. The van der Waals surface area contributed by atoms with Gasteiger partial charge in [0.05, 0.1) is 18.7 Å². The van der Waals surface area contributed by atoms with Crippen LogP contribution in [0.15, 0.2) is 42.5 Å². The lowest BCUT2D eigenvalue weighted by atomic mass is 9.92. The lowest BCUT2D eigenvalue weighted by Crippen LogP contribution is -2.46. The first-order valence-corrected chi connectivity index (χ1v) is 10.0. The Labute approximate surface area is 182 Å². The largest absolute Gasteiger partial charge is 0.489 e. The number of fused-ring (bicyclic) bond motifs is 1. The minimum Gasteiger partial charge on any atom is -0.489 e. The van der Waals surface area contributed by atoms with Crippen LogP contribution in [0.1, 0.15) is 49.1 Å².